The lowest BCUT2D eigenvalue weighted by Gasteiger charge is -2.29. The summed E-state index contributed by atoms with van der Waals surface area (Å²) in [5.74, 6) is 1.70. The van der Waals surface area contributed by atoms with Crippen LogP contribution in [-0.4, -0.2) is 56.6 Å². The van der Waals surface area contributed by atoms with Gasteiger partial charge < -0.3 is 9.64 Å². The van der Waals surface area contributed by atoms with Gasteiger partial charge in [0.1, 0.15) is 5.82 Å². The van der Waals surface area contributed by atoms with Gasteiger partial charge in [-0.1, -0.05) is 16.2 Å². The van der Waals surface area contributed by atoms with E-state index in [9.17, 15) is 4.79 Å². The van der Waals surface area contributed by atoms with Crippen molar-refractivity contribution in [2.24, 2.45) is 0 Å². The highest BCUT2D eigenvalue weighted by atomic mass is 127. The maximum absolute atomic E-state index is 13.9. The molecule has 206 valence electrons. The van der Waals surface area contributed by atoms with Crippen LogP contribution in [0.2, 0.25) is 0 Å². The molecule has 9 nitrogen and oxygen atoms in total. The summed E-state index contributed by atoms with van der Waals surface area (Å²) in [6, 6.07) is 8.31. The van der Waals surface area contributed by atoms with Gasteiger partial charge in [0.2, 0.25) is 0 Å². The second-order valence-electron chi connectivity index (χ2n) is 10.6. The number of rotatable bonds is 5. The van der Waals surface area contributed by atoms with Crippen molar-refractivity contribution >= 4 is 83.2 Å². The van der Waals surface area contributed by atoms with Gasteiger partial charge in [0.05, 0.1) is 64.5 Å². The quantitative estimate of drug-likeness (QED) is 0.159. The Balaban J connectivity index is 1.59. The van der Waals surface area contributed by atoms with Crippen LogP contribution < -0.4 is 13.4 Å². The average Bonchev–Trinajstić information content (AvgIpc) is 3.51. The minimum Gasteiger partial charge on any atom is -0.378 e. The number of aromatic nitrogens is 5. The lowest BCUT2D eigenvalue weighted by molar-refractivity contribution is 0.101. The number of ether oxygens (including phenoxy) is 1. The minimum absolute atomic E-state index is 0.0939. The van der Waals surface area contributed by atoms with E-state index in [0.717, 1.165) is 68.2 Å². The van der Waals surface area contributed by atoms with Gasteiger partial charge in [-0.3, -0.25) is 9.48 Å². The molecule has 1 atom stereocenters. The van der Waals surface area contributed by atoms with E-state index in [2.05, 4.69) is 118 Å². The van der Waals surface area contributed by atoms with E-state index in [1.165, 1.54) is 0 Å². The summed E-state index contributed by atoms with van der Waals surface area (Å²) in [7, 11) is 2.74. The fourth-order valence-electron chi connectivity index (χ4n) is 4.73. The summed E-state index contributed by atoms with van der Waals surface area (Å²) in [4.78, 5) is 20.9. The number of pyridine rings is 1. The van der Waals surface area contributed by atoms with Crippen molar-refractivity contribution in [3.05, 3.63) is 51.0 Å². The normalized spacial score (nSPS) is 14.3. The highest BCUT2D eigenvalue weighted by Gasteiger charge is 2.26. The van der Waals surface area contributed by atoms with Crippen molar-refractivity contribution < 1.29 is 9.53 Å². The monoisotopic (exact) mass is 771 g/mol. The smallest absolute Gasteiger partial charge is 0.268 e. The number of hydrogen-bond donors (Lipinski definition) is 0. The van der Waals surface area contributed by atoms with Crippen LogP contribution in [0.5, 0.6) is 0 Å². The summed E-state index contributed by atoms with van der Waals surface area (Å²) in [5, 5.41) is 9.30. The minimum atomic E-state index is -0.197. The van der Waals surface area contributed by atoms with E-state index in [1.807, 2.05) is 15.3 Å². The first kappa shape index (κ1) is 28.7. The lowest BCUT2D eigenvalue weighted by Crippen LogP contribution is -2.37. The van der Waals surface area contributed by atoms with Crippen molar-refractivity contribution in [3.63, 3.8) is 0 Å². The number of anilines is 2. The molecule has 39 heavy (non-hydrogen) atoms. The van der Waals surface area contributed by atoms with Gasteiger partial charge in [-0.25, -0.2) is 8.10 Å². The molecule has 0 N–H and O–H groups in total. The molecule has 5 rings (SSSR count). The second-order valence-corrected chi connectivity index (χ2v) is 13.3. The van der Waals surface area contributed by atoms with E-state index in [1.54, 1.807) is 9.31 Å². The molecule has 1 aliphatic rings. The van der Waals surface area contributed by atoms with Crippen molar-refractivity contribution in [2.75, 3.05) is 34.3 Å². The maximum Gasteiger partial charge on any atom is 0.268 e. The second kappa shape index (κ2) is 11.2. The zero-order valence-corrected chi connectivity index (χ0v) is 28.2. The molecule has 0 bridgehead atoms. The van der Waals surface area contributed by atoms with Crippen LogP contribution in [-0.2, 0) is 16.7 Å². The van der Waals surface area contributed by atoms with Crippen molar-refractivity contribution in [1.29, 1.82) is 0 Å². The summed E-state index contributed by atoms with van der Waals surface area (Å²) < 4.78 is 12.0. The van der Waals surface area contributed by atoms with Crippen LogP contribution in [0.3, 0.4) is 0 Å². The third-order valence-electron chi connectivity index (χ3n) is 6.78. The molecule has 1 aromatic carbocycles. The zero-order chi connectivity index (χ0) is 28.1. The lowest BCUT2D eigenvalue weighted by atomic mass is 9.98. The Morgan fingerprint density at radius 2 is 1.90 bits per heavy atom. The molecule has 0 saturated carbocycles. The molecule has 12 heteroatoms. The van der Waals surface area contributed by atoms with Crippen LogP contribution in [0.15, 0.2) is 30.5 Å². The number of morpholine rings is 1. The van der Waals surface area contributed by atoms with E-state index < -0.39 is 0 Å². The van der Waals surface area contributed by atoms with E-state index >= 15 is 0 Å². The molecule has 1 amide bonds. The molecular formula is C27H32I2N7O2P. The number of aryl methyl sites for hydroxylation is 2. The van der Waals surface area contributed by atoms with Crippen LogP contribution in [0, 0.1) is 10.5 Å². The fourth-order valence-corrected chi connectivity index (χ4v) is 7.14. The number of amides is 1. The van der Waals surface area contributed by atoms with Crippen molar-refractivity contribution in [1.82, 2.24) is 24.4 Å². The van der Waals surface area contributed by atoms with Gasteiger partial charge in [-0.2, -0.15) is 9.61 Å². The summed E-state index contributed by atoms with van der Waals surface area (Å²) in [6.07, 6.45) is 2.51. The molecule has 1 aliphatic heterocycles. The highest BCUT2D eigenvalue weighted by molar-refractivity contribution is 14.1. The van der Waals surface area contributed by atoms with E-state index in [-0.39, 0.29) is 11.4 Å². The summed E-state index contributed by atoms with van der Waals surface area (Å²) in [5.41, 5.74) is 5.97. The summed E-state index contributed by atoms with van der Waals surface area (Å²) >= 11 is 4.34. The first-order valence-electron chi connectivity index (χ1n) is 12.9. The Morgan fingerprint density at radius 1 is 1.18 bits per heavy atom. The Morgan fingerprint density at radius 3 is 2.54 bits per heavy atom. The van der Waals surface area contributed by atoms with Gasteiger partial charge in [0.25, 0.3) is 5.91 Å². The standard InChI is InChI=1S/C27H32I2N7O2P/c1-6-22-31-23-12-17(13-24(35(23)32-22)33-7-9-38-10-8-33)18-14-19(20(28)11-16(18)2)25(37)34(29)21-15-30-36(26(21)39)27(3,4)5/h11-15H,6-10,39H2,1-5H3. The number of halogens is 2. The predicted molar refractivity (Wildman–Crippen MR) is 176 cm³/mol. The Kier molecular flexibility index (Phi) is 8.25. The average molecular weight is 771 g/mol. The van der Waals surface area contributed by atoms with E-state index in [4.69, 9.17) is 14.8 Å². The first-order valence-corrected chi connectivity index (χ1v) is 15.5. The molecule has 0 spiro atoms. The van der Waals surface area contributed by atoms with Gasteiger partial charge in [-0.15, -0.1) is 5.10 Å². The number of hydrogen-bond acceptors (Lipinski definition) is 6. The number of carbonyl (C=O) groups excluding carboxylic acids is 1. The number of carbonyl (C=O) groups is 1. The maximum atomic E-state index is 13.9. The molecule has 1 saturated heterocycles. The number of fused-ring (bicyclic) bond motifs is 1. The Hall–Kier alpha value is -1.83. The van der Waals surface area contributed by atoms with Crippen LogP contribution in [0.1, 0.15) is 49.4 Å². The molecule has 4 aromatic rings. The van der Waals surface area contributed by atoms with Crippen LogP contribution in [0.4, 0.5) is 11.5 Å². The molecular weight excluding hydrogens is 739 g/mol. The van der Waals surface area contributed by atoms with Gasteiger partial charge in [0, 0.05) is 23.1 Å². The van der Waals surface area contributed by atoms with Crippen LogP contribution >= 0.6 is 54.7 Å². The van der Waals surface area contributed by atoms with Gasteiger partial charge in [0.15, 0.2) is 11.5 Å². The van der Waals surface area contributed by atoms with Gasteiger partial charge in [-0.05, 0) is 91.2 Å². The molecule has 1 fully saturated rings. The Labute approximate surface area is 258 Å². The van der Waals surface area contributed by atoms with Gasteiger partial charge >= 0.3 is 0 Å². The number of benzene rings is 1. The third kappa shape index (κ3) is 5.56. The highest BCUT2D eigenvalue weighted by Crippen LogP contribution is 2.33. The fraction of sp³-hybridized carbons (Fsp3) is 0.407. The van der Waals surface area contributed by atoms with Crippen molar-refractivity contribution in [2.45, 2.75) is 46.6 Å². The molecule has 1 unspecified atom stereocenters. The third-order valence-corrected chi connectivity index (χ3v) is 9.17. The topological polar surface area (TPSA) is 80.8 Å². The largest absolute Gasteiger partial charge is 0.378 e. The summed E-state index contributed by atoms with van der Waals surface area (Å²) in [6.45, 7) is 13.4. The van der Waals surface area contributed by atoms with Crippen molar-refractivity contribution in [3.8, 4) is 11.1 Å². The zero-order valence-electron chi connectivity index (χ0n) is 22.7. The molecule has 4 heterocycles. The van der Waals surface area contributed by atoms with E-state index in [0.29, 0.717) is 18.8 Å². The molecule has 3 aromatic heterocycles. The molecule has 0 radical (unpaired) electrons. The number of nitrogens with zero attached hydrogens (tertiary/aromatic N) is 7. The van der Waals surface area contributed by atoms with Crippen LogP contribution in [0.25, 0.3) is 16.8 Å². The Bertz CT molecular complexity index is 1550. The molecule has 0 aliphatic carbocycles. The SMILES string of the molecule is CCc1nc2cc(-c3cc(C(=O)N(I)c4cnn(C(C)(C)C)c4P)c(I)cc3C)cc(N3CCOCC3)n2n1. The predicted octanol–water partition coefficient (Wildman–Crippen LogP) is 5.16. The first-order chi connectivity index (χ1) is 18.5.